The van der Waals surface area contributed by atoms with Crippen molar-refractivity contribution in [2.45, 2.75) is 79.5 Å². The van der Waals surface area contributed by atoms with Gasteiger partial charge in [-0.05, 0) is 0 Å². The van der Waals surface area contributed by atoms with Crippen LogP contribution in [-0.2, 0) is 0 Å². The van der Waals surface area contributed by atoms with Gasteiger partial charge in [-0.3, -0.25) is 0 Å². The summed E-state index contributed by atoms with van der Waals surface area (Å²) in [6.07, 6.45) is 7.79. The molecule has 1 aromatic rings. The van der Waals surface area contributed by atoms with Gasteiger partial charge in [0.2, 0.25) is 0 Å². The van der Waals surface area contributed by atoms with Crippen molar-refractivity contribution in [1.29, 1.82) is 0 Å². The Balaban J connectivity index is 3.18. The van der Waals surface area contributed by atoms with Crippen molar-refractivity contribution < 1.29 is 4.79 Å². The van der Waals surface area contributed by atoms with Gasteiger partial charge in [-0.25, -0.2) is 0 Å². The van der Waals surface area contributed by atoms with E-state index in [9.17, 15) is 4.79 Å². The molecule has 0 aliphatic heterocycles. The summed E-state index contributed by atoms with van der Waals surface area (Å²) in [6, 6.07) is 6.18. The monoisotopic (exact) mass is 411 g/mol. The van der Waals surface area contributed by atoms with Crippen LogP contribution in [-0.4, -0.2) is 29.1 Å². The van der Waals surface area contributed by atoms with E-state index in [2.05, 4.69) is 32.9 Å². The summed E-state index contributed by atoms with van der Waals surface area (Å²) in [7, 11) is 0. The van der Waals surface area contributed by atoms with E-state index in [1.54, 1.807) is 6.92 Å². The van der Waals surface area contributed by atoms with Gasteiger partial charge in [0.15, 0.2) is 0 Å². The summed E-state index contributed by atoms with van der Waals surface area (Å²) in [5.74, 6) is 0.100. The molecule has 0 fully saturated rings. The molecular weight excluding hydrogens is 377 g/mol. The zero-order valence-corrected chi connectivity index (χ0v) is 17.8. The molecule has 2 nitrogen and oxygen atoms in total. The Labute approximate surface area is 141 Å². The fraction of sp³-hybridized carbons (Fsp3) is 0.684. The van der Waals surface area contributed by atoms with Gasteiger partial charge < -0.3 is 0 Å². The second-order valence-corrected chi connectivity index (χ2v) is 19.6. The predicted octanol–water partition coefficient (Wildman–Crippen LogP) is 5.34. The molecule has 1 aromatic heterocycles. The molecule has 0 atom stereocenters. The number of aromatic nitrogens is 1. The Hall–Kier alpha value is -0.381. The van der Waals surface area contributed by atoms with Crippen molar-refractivity contribution in [3.63, 3.8) is 0 Å². The molecule has 0 spiro atoms. The third kappa shape index (κ3) is 5.67. The number of nitrogens with zero attached hydrogens (tertiary/aromatic N) is 1. The van der Waals surface area contributed by atoms with Gasteiger partial charge in [0.1, 0.15) is 0 Å². The molecule has 0 unspecified atom stereocenters. The first-order valence-corrected chi connectivity index (χ1v) is 16.6. The van der Waals surface area contributed by atoms with Crippen LogP contribution in [0.2, 0.25) is 13.3 Å². The van der Waals surface area contributed by atoms with E-state index in [0.29, 0.717) is 5.69 Å². The van der Waals surface area contributed by atoms with E-state index < -0.39 is 18.4 Å². The normalized spacial score (nSPS) is 11.6. The van der Waals surface area contributed by atoms with Gasteiger partial charge >= 0.3 is 141 Å². The third-order valence-electron chi connectivity index (χ3n) is 4.68. The molecule has 0 radical (unpaired) electrons. The van der Waals surface area contributed by atoms with Gasteiger partial charge in [0, 0.05) is 0 Å². The molecule has 0 aliphatic carbocycles. The van der Waals surface area contributed by atoms with Crippen molar-refractivity contribution in [3.05, 3.63) is 23.9 Å². The first kappa shape index (κ1) is 19.7. The number of hydrogen-bond donors (Lipinski definition) is 0. The summed E-state index contributed by atoms with van der Waals surface area (Å²) >= 11 is -2.46. The number of rotatable bonds is 11. The molecule has 0 bridgehead atoms. The second kappa shape index (κ2) is 10.4. The summed E-state index contributed by atoms with van der Waals surface area (Å²) in [5, 5.41) is 0. The predicted molar refractivity (Wildman–Crippen MR) is 98.8 cm³/mol. The first-order valence-electron chi connectivity index (χ1n) is 9.08. The quantitative estimate of drug-likeness (QED) is 0.364. The Kier molecular flexibility index (Phi) is 9.30. The molecule has 0 saturated heterocycles. The Bertz CT molecular complexity index is 437. The van der Waals surface area contributed by atoms with E-state index in [0.717, 1.165) is 0 Å². The van der Waals surface area contributed by atoms with Gasteiger partial charge in [-0.1, -0.05) is 0 Å². The minimum atomic E-state index is -2.46. The zero-order valence-electron chi connectivity index (χ0n) is 15.0. The standard InChI is InChI=1S/C7H6NO.3C4H9.Sn/c1-6(9)7-4-2-3-5-8-7;3*1-3-4-2;/h2-4H,1H3;3*1,3-4H2,2H3;. The van der Waals surface area contributed by atoms with Crippen LogP contribution in [0.3, 0.4) is 0 Å². The molecule has 0 aliphatic rings. The zero-order chi connectivity index (χ0) is 16.4. The van der Waals surface area contributed by atoms with Crippen molar-refractivity contribution in [2.24, 2.45) is 0 Å². The Morgan fingerprint density at radius 1 is 0.955 bits per heavy atom. The summed E-state index contributed by atoms with van der Waals surface area (Å²) in [6.45, 7) is 8.49. The van der Waals surface area contributed by atoms with E-state index >= 15 is 0 Å². The maximum absolute atomic E-state index is 11.7. The fourth-order valence-corrected chi connectivity index (χ4v) is 18.7. The van der Waals surface area contributed by atoms with Crippen molar-refractivity contribution in [3.8, 4) is 0 Å². The van der Waals surface area contributed by atoms with E-state index in [-0.39, 0.29) is 5.78 Å². The van der Waals surface area contributed by atoms with Gasteiger partial charge in [-0.15, -0.1) is 0 Å². The van der Waals surface area contributed by atoms with Crippen LogP contribution in [0.5, 0.6) is 0 Å². The van der Waals surface area contributed by atoms with Crippen LogP contribution in [0.1, 0.15) is 76.7 Å². The number of carbonyl (C=O) groups is 1. The first-order chi connectivity index (χ1) is 10.6. The molecule has 22 heavy (non-hydrogen) atoms. The van der Waals surface area contributed by atoms with Crippen LogP contribution in [0.4, 0.5) is 0 Å². The maximum atomic E-state index is 11.7. The topological polar surface area (TPSA) is 30.0 Å². The van der Waals surface area contributed by atoms with Gasteiger partial charge in [0.05, 0.1) is 0 Å². The number of hydrogen-bond acceptors (Lipinski definition) is 2. The van der Waals surface area contributed by atoms with Crippen LogP contribution in [0.25, 0.3) is 0 Å². The number of Topliss-reactive ketones (excluding diaryl/α,β-unsaturated/α-hetero) is 1. The summed E-state index contributed by atoms with van der Waals surface area (Å²) in [4.78, 5) is 16.6. The Morgan fingerprint density at radius 2 is 1.45 bits per heavy atom. The van der Waals surface area contributed by atoms with E-state index in [1.165, 1.54) is 55.5 Å². The van der Waals surface area contributed by atoms with Crippen LogP contribution >= 0.6 is 0 Å². The fourth-order valence-electron chi connectivity index (χ4n) is 3.23. The number of pyridine rings is 1. The third-order valence-corrected chi connectivity index (χ3v) is 19.8. The number of carbonyl (C=O) groups excluding carboxylic acids is 1. The van der Waals surface area contributed by atoms with E-state index in [4.69, 9.17) is 4.98 Å². The van der Waals surface area contributed by atoms with Crippen molar-refractivity contribution in [2.75, 3.05) is 0 Å². The summed E-state index contributed by atoms with van der Waals surface area (Å²) < 4.78 is 5.57. The second-order valence-electron chi connectivity index (χ2n) is 6.56. The van der Waals surface area contributed by atoms with Crippen LogP contribution in [0, 0.1) is 0 Å². The van der Waals surface area contributed by atoms with E-state index in [1.807, 2.05) is 6.07 Å². The molecular formula is C19H33NOSn. The minimum absolute atomic E-state index is 0.100. The Morgan fingerprint density at radius 3 is 1.86 bits per heavy atom. The molecule has 3 heteroatoms. The average molecular weight is 410 g/mol. The molecule has 1 heterocycles. The number of unbranched alkanes of at least 4 members (excludes halogenated alkanes) is 3. The van der Waals surface area contributed by atoms with Crippen LogP contribution < -0.4 is 3.71 Å². The van der Waals surface area contributed by atoms with Crippen LogP contribution in [0.15, 0.2) is 18.2 Å². The molecule has 124 valence electrons. The number of ketones is 1. The molecule has 0 aromatic carbocycles. The van der Waals surface area contributed by atoms with Gasteiger partial charge in [-0.2, -0.15) is 0 Å². The molecule has 0 saturated carbocycles. The average Bonchev–Trinajstić information content (AvgIpc) is 2.54. The molecule has 1 rings (SSSR count). The SMILES string of the molecule is CCC[CH2][Sn]([CH2]CCC)([CH2]CCC)[c]1cccc(C(C)=O)n1. The molecule has 0 N–H and O–H groups in total. The van der Waals surface area contributed by atoms with Crippen molar-refractivity contribution >= 4 is 27.9 Å². The van der Waals surface area contributed by atoms with Gasteiger partial charge in [0.25, 0.3) is 0 Å². The molecule has 0 amide bonds. The summed E-state index contributed by atoms with van der Waals surface area (Å²) in [5.41, 5.74) is 0.670. The van der Waals surface area contributed by atoms with Crippen molar-refractivity contribution in [1.82, 2.24) is 4.98 Å².